The van der Waals surface area contributed by atoms with Crippen LogP contribution in [0, 0.1) is 0 Å². The van der Waals surface area contributed by atoms with E-state index < -0.39 is 42.8 Å². The first-order valence-electron chi connectivity index (χ1n) is 15.6. The summed E-state index contributed by atoms with van der Waals surface area (Å²) in [6, 6.07) is 17.0. The van der Waals surface area contributed by atoms with Gasteiger partial charge >= 0.3 is 25.3 Å². The van der Waals surface area contributed by atoms with Crippen LogP contribution in [-0.4, -0.2) is 62.6 Å². The zero-order chi connectivity index (χ0) is 35.9. The summed E-state index contributed by atoms with van der Waals surface area (Å²) in [5.74, 6) is -1.43. The molecule has 3 aromatic carbocycles. The lowest BCUT2D eigenvalue weighted by atomic mass is 10.0. The monoisotopic (exact) mass is 706 g/mol. The highest BCUT2D eigenvalue weighted by atomic mass is 31.2. The molecular weight excluding hydrogens is 665 g/mol. The van der Waals surface area contributed by atoms with Crippen LogP contribution in [0.2, 0.25) is 0 Å². The molecule has 0 bridgehead atoms. The van der Waals surface area contributed by atoms with Crippen LogP contribution in [0.15, 0.2) is 72.8 Å². The number of alkyl halides is 2. The lowest BCUT2D eigenvalue weighted by Gasteiger charge is -2.26. The average Bonchev–Trinajstić information content (AvgIpc) is 3.09. The van der Waals surface area contributed by atoms with E-state index in [0.717, 1.165) is 17.7 Å². The second-order valence-electron chi connectivity index (χ2n) is 10.5. The first kappa shape index (κ1) is 38.9. The number of methoxy groups -OCH3 is 1. The van der Waals surface area contributed by atoms with Crippen molar-refractivity contribution in [1.29, 1.82) is 0 Å². The number of halogens is 2. The molecule has 3 N–H and O–H groups in total. The molecule has 1 unspecified atom stereocenters. The third kappa shape index (κ3) is 11.0. The molecule has 0 saturated heterocycles. The number of amides is 2. The Balaban J connectivity index is 1.64. The third-order valence-electron chi connectivity index (χ3n) is 7.03. The van der Waals surface area contributed by atoms with Crippen LogP contribution in [0.25, 0.3) is 0 Å². The highest BCUT2D eigenvalue weighted by Gasteiger charge is 2.54. The number of carbonyl (C=O) groups is 3. The van der Waals surface area contributed by atoms with E-state index in [1.165, 1.54) is 51.3 Å². The van der Waals surface area contributed by atoms with Crippen LogP contribution in [0.1, 0.15) is 53.7 Å². The summed E-state index contributed by atoms with van der Waals surface area (Å²) in [4.78, 5) is 37.9. The highest BCUT2D eigenvalue weighted by Crippen LogP contribution is 2.66. The lowest BCUT2D eigenvalue weighted by Crippen LogP contribution is -2.48. The fraction of sp³-hybridized carbons (Fsp3) is 0.382. The van der Waals surface area contributed by atoms with Gasteiger partial charge in [-0.15, -0.1) is 0 Å². The maximum Gasteiger partial charge on any atom is 0.408 e. The Morgan fingerprint density at radius 3 is 2.20 bits per heavy atom. The number of hydrogen-bond acceptors (Lipinski definition) is 10. The van der Waals surface area contributed by atoms with Crippen molar-refractivity contribution in [2.24, 2.45) is 0 Å². The van der Waals surface area contributed by atoms with Gasteiger partial charge in [0.1, 0.15) is 29.7 Å². The Kier molecular flexibility index (Phi) is 15.0. The molecule has 49 heavy (non-hydrogen) atoms. The van der Waals surface area contributed by atoms with Crippen LogP contribution in [0.4, 0.5) is 13.6 Å². The highest BCUT2D eigenvalue weighted by molar-refractivity contribution is 7.54. The van der Waals surface area contributed by atoms with Crippen molar-refractivity contribution in [3.05, 3.63) is 95.1 Å². The molecular formula is C34H41F2N2O10P. The average molecular weight is 707 g/mol. The molecule has 3 rings (SSSR count). The molecule has 1 atom stereocenters. The summed E-state index contributed by atoms with van der Waals surface area (Å²) in [5, 5.41) is 15.3. The van der Waals surface area contributed by atoms with E-state index in [-0.39, 0.29) is 56.5 Å². The predicted octanol–water partition coefficient (Wildman–Crippen LogP) is 6.31. The molecule has 266 valence electrons. The van der Waals surface area contributed by atoms with Crippen LogP contribution in [-0.2, 0) is 46.6 Å². The Labute approximate surface area is 283 Å². The van der Waals surface area contributed by atoms with E-state index in [4.69, 9.17) is 23.3 Å². The number of carbonyl (C=O) groups excluding carboxylic acids is 3. The van der Waals surface area contributed by atoms with Crippen molar-refractivity contribution in [3.63, 3.8) is 0 Å². The van der Waals surface area contributed by atoms with Crippen LogP contribution in [0.5, 0.6) is 11.5 Å². The van der Waals surface area contributed by atoms with Gasteiger partial charge in [-0.3, -0.25) is 9.36 Å². The van der Waals surface area contributed by atoms with Gasteiger partial charge in [-0.05, 0) is 49.9 Å². The maximum absolute atomic E-state index is 15.2. The second kappa shape index (κ2) is 18.9. The number of phenols is 1. The number of nitrogens with one attached hydrogen (secondary N) is 2. The number of ether oxygens (including phenoxy) is 3. The third-order valence-corrected chi connectivity index (χ3v) is 9.17. The standard InChI is InChI=1S/C34H41F2N2O10P/c1-4-47-49(43,48-5-2)34(35,36)26-18-16-24(17-19-26)22-27(38-33(42)46-23-25-12-7-6-8-13-25)31(40)37-20-9-10-21-45-29-15-11-14-28(39)30(29)32(41)44-3/h6-8,11-19,27,39H,4-5,9-10,20-23H2,1-3H3,(H,37,40)(H,38,42). The Hall–Kier alpha value is -4.52. The maximum atomic E-state index is 15.2. The number of benzene rings is 3. The summed E-state index contributed by atoms with van der Waals surface area (Å²) in [5.41, 5.74) is -3.46. The summed E-state index contributed by atoms with van der Waals surface area (Å²) in [7, 11) is -3.63. The van der Waals surface area contributed by atoms with Gasteiger partial charge in [-0.1, -0.05) is 60.7 Å². The van der Waals surface area contributed by atoms with Crippen molar-refractivity contribution < 1.29 is 56.1 Å². The van der Waals surface area contributed by atoms with Crippen molar-refractivity contribution in [2.45, 2.75) is 51.4 Å². The van der Waals surface area contributed by atoms with E-state index in [1.807, 2.05) is 6.07 Å². The Bertz CT molecular complexity index is 1560. The topological polar surface area (TPSA) is 159 Å². The van der Waals surface area contributed by atoms with E-state index >= 15 is 8.78 Å². The number of alkyl carbamates (subject to hydrolysis) is 1. The normalized spacial score (nSPS) is 12.1. The second-order valence-corrected chi connectivity index (χ2v) is 12.6. The van der Waals surface area contributed by atoms with Gasteiger partial charge in [0.05, 0.1) is 26.9 Å². The molecule has 0 radical (unpaired) electrons. The molecule has 0 spiro atoms. The Morgan fingerprint density at radius 1 is 0.898 bits per heavy atom. The number of rotatable bonds is 19. The molecule has 0 aromatic heterocycles. The van der Waals surface area contributed by atoms with Crippen molar-refractivity contribution >= 4 is 25.6 Å². The van der Waals surface area contributed by atoms with E-state index in [9.17, 15) is 24.1 Å². The molecule has 2 amide bonds. The predicted molar refractivity (Wildman–Crippen MR) is 176 cm³/mol. The molecule has 0 aliphatic carbocycles. The first-order chi connectivity index (χ1) is 23.5. The molecule has 3 aromatic rings. The van der Waals surface area contributed by atoms with Gasteiger partial charge in [-0.25, -0.2) is 9.59 Å². The fourth-order valence-electron chi connectivity index (χ4n) is 4.58. The number of aromatic hydroxyl groups is 1. The zero-order valence-electron chi connectivity index (χ0n) is 27.5. The number of unbranched alkanes of at least 4 members (excludes halogenated alkanes) is 1. The molecule has 15 heteroatoms. The van der Waals surface area contributed by atoms with Crippen LogP contribution < -0.4 is 15.4 Å². The summed E-state index contributed by atoms with van der Waals surface area (Å²) in [6.45, 7) is 2.69. The zero-order valence-corrected chi connectivity index (χ0v) is 28.4. The smallest absolute Gasteiger partial charge is 0.408 e. The van der Waals surface area contributed by atoms with Gasteiger partial charge in [0.2, 0.25) is 5.91 Å². The minimum absolute atomic E-state index is 0.0403. The Morgan fingerprint density at radius 2 is 1.57 bits per heavy atom. The quantitative estimate of drug-likeness (QED) is 0.0733. The van der Waals surface area contributed by atoms with E-state index in [0.29, 0.717) is 18.4 Å². The van der Waals surface area contributed by atoms with Crippen molar-refractivity contribution in [1.82, 2.24) is 10.6 Å². The summed E-state index contributed by atoms with van der Waals surface area (Å²) < 4.78 is 68.6. The minimum atomic E-state index is -4.82. The van der Waals surface area contributed by atoms with Crippen molar-refractivity contribution in [2.75, 3.05) is 33.5 Å². The molecule has 0 aliphatic heterocycles. The SMILES string of the molecule is CCOP(=O)(OCC)C(F)(F)c1ccc(CC(NC(=O)OCc2ccccc2)C(=O)NCCCCOc2cccc(O)c2C(=O)OC)cc1. The van der Waals surface area contributed by atoms with Gasteiger partial charge in [0.15, 0.2) is 0 Å². The van der Waals surface area contributed by atoms with E-state index in [1.54, 1.807) is 24.3 Å². The molecule has 12 nitrogen and oxygen atoms in total. The number of esters is 1. The van der Waals surface area contributed by atoms with E-state index in [2.05, 4.69) is 10.6 Å². The van der Waals surface area contributed by atoms with Crippen molar-refractivity contribution in [3.8, 4) is 11.5 Å². The molecule has 0 saturated carbocycles. The number of phenolic OH excluding ortho intramolecular Hbond substituents is 1. The van der Waals surface area contributed by atoms with Crippen LogP contribution >= 0.6 is 7.60 Å². The fourth-order valence-corrected chi connectivity index (χ4v) is 6.13. The molecule has 0 heterocycles. The summed E-state index contributed by atoms with van der Waals surface area (Å²) >= 11 is 0. The lowest BCUT2D eigenvalue weighted by molar-refractivity contribution is -0.123. The minimum Gasteiger partial charge on any atom is -0.507 e. The molecule has 0 fully saturated rings. The van der Waals surface area contributed by atoms with Gasteiger partial charge in [0.25, 0.3) is 0 Å². The first-order valence-corrected chi connectivity index (χ1v) is 17.1. The molecule has 0 aliphatic rings. The van der Waals surface area contributed by atoms with Gasteiger partial charge in [0, 0.05) is 18.5 Å². The largest absolute Gasteiger partial charge is 0.507 e. The van der Waals surface area contributed by atoms with Gasteiger partial charge < -0.3 is 39.0 Å². The van der Waals surface area contributed by atoms with Gasteiger partial charge in [-0.2, -0.15) is 8.78 Å². The number of hydrogen-bond donors (Lipinski definition) is 3. The van der Waals surface area contributed by atoms with Crippen LogP contribution in [0.3, 0.4) is 0 Å². The summed E-state index contributed by atoms with van der Waals surface area (Å²) in [6.07, 6.45) is -0.0323.